The highest BCUT2D eigenvalue weighted by Crippen LogP contribution is 2.16. The molecule has 0 aromatic carbocycles. The lowest BCUT2D eigenvalue weighted by Gasteiger charge is -2.07. The van der Waals surface area contributed by atoms with E-state index in [0.29, 0.717) is 12.2 Å². The maximum Gasteiger partial charge on any atom is 0.145 e. The molecule has 4 nitrogen and oxygen atoms in total. The Hall–Kier alpha value is -1.78. The molecule has 0 amide bonds. The first kappa shape index (κ1) is 10.7. The topological polar surface area (TPSA) is 43.6 Å². The molecule has 0 radical (unpaired) electrons. The Morgan fingerprint density at radius 2 is 2.00 bits per heavy atom. The molecule has 2 rings (SSSR count). The number of rotatable bonds is 3. The van der Waals surface area contributed by atoms with Crippen molar-refractivity contribution in [2.24, 2.45) is 0 Å². The van der Waals surface area contributed by atoms with E-state index in [1.165, 1.54) is 10.9 Å². The lowest BCUT2D eigenvalue weighted by molar-refractivity contribution is 0.562. The molecule has 16 heavy (non-hydrogen) atoms. The van der Waals surface area contributed by atoms with Crippen LogP contribution >= 0.6 is 0 Å². The minimum atomic E-state index is -0.264. The third kappa shape index (κ3) is 2.24. The molecule has 84 valence electrons. The first-order valence-electron chi connectivity index (χ1n) is 5.15. The molecule has 0 unspecified atom stereocenters. The van der Waals surface area contributed by atoms with Gasteiger partial charge in [-0.3, -0.25) is 4.98 Å². The summed E-state index contributed by atoms with van der Waals surface area (Å²) in [4.78, 5) is 5.61. The Kier molecular flexibility index (Phi) is 2.94. The summed E-state index contributed by atoms with van der Waals surface area (Å²) in [5.74, 6) is -0.170. The van der Waals surface area contributed by atoms with Gasteiger partial charge in [0.15, 0.2) is 0 Å². The van der Waals surface area contributed by atoms with Crippen LogP contribution in [0.1, 0.15) is 31.0 Å². The van der Waals surface area contributed by atoms with Crippen molar-refractivity contribution in [2.45, 2.75) is 26.3 Å². The minimum Gasteiger partial charge on any atom is -0.258 e. The van der Waals surface area contributed by atoms with Crippen LogP contribution in [0.25, 0.3) is 0 Å². The van der Waals surface area contributed by atoms with E-state index in [-0.39, 0.29) is 11.7 Å². The number of hydrogen-bond acceptors (Lipinski definition) is 3. The van der Waals surface area contributed by atoms with Crippen molar-refractivity contribution in [1.82, 2.24) is 20.0 Å². The number of halogens is 1. The number of aromatic nitrogens is 4. The molecule has 0 aliphatic heterocycles. The van der Waals surface area contributed by atoms with Gasteiger partial charge in [-0.15, -0.1) is 0 Å². The zero-order valence-electron chi connectivity index (χ0n) is 9.26. The summed E-state index contributed by atoms with van der Waals surface area (Å²) in [6, 6.07) is 1.49. The molecule has 2 heterocycles. The van der Waals surface area contributed by atoms with Crippen LogP contribution in [0.5, 0.6) is 0 Å². The van der Waals surface area contributed by atoms with E-state index in [0.717, 1.165) is 5.56 Å². The van der Waals surface area contributed by atoms with Crippen LogP contribution in [-0.4, -0.2) is 20.0 Å². The number of nitrogens with zero attached hydrogens (tertiary/aromatic N) is 4. The van der Waals surface area contributed by atoms with Crippen LogP contribution in [0, 0.1) is 5.82 Å². The van der Waals surface area contributed by atoms with Crippen molar-refractivity contribution in [1.29, 1.82) is 0 Å². The highest BCUT2D eigenvalue weighted by molar-refractivity contribution is 5.18. The number of hydrogen-bond donors (Lipinski definition) is 0. The average Bonchev–Trinajstić information content (AvgIpc) is 2.70. The first-order chi connectivity index (χ1) is 7.66. The second kappa shape index (κ2) is 4.38. The van der Waals surface area contributed by atoms with Crippen LogP contribution in [0.15, 0.2) is 24.7 Å². The van der Waals surface area contributed by atoms with E-state index in [9.17, 15) is 4.39 Å². The van der Waals surface area contributed by atoms with Crippen molar-refractivity contribution >= 4 is 0 Å². The standard InChI is InChI=1S/C11H13FN4/c1-8(2)11-10(12)5-9(6-13-11)7-16-14-3-4-15-16/h3-6,8H,7H2,1-2H3. The fraction of sp³-hybridized carbons (Fsp3) is 0.364. The highest BCUT2D eigenvalue weighted by Gasteiger charge is 2.09. The Labute approximate surface area is 93.1 Å². The van der Waals surface area contributed by atoms with Crippen LogP contribution in [0.2, 0.25) is 0 Å². The van der Waals surface area contributed by atoms with Gasteiger partial charge in [0, 0.05) is 6.20 Å². The molecule has 2 aromatic rings. The minimum absolute atomic E-state index is 0.0943. The Balaban J connectivity index is 2.21. The SMILES string of the molecule is CC(C)c1ncc(Cn2nccn2)cc1F. The van der Waals surface area contributed by atoms with E-state index in [1.807, 2.05) is 13.8 Å². The summed E-state index contributed by atoms with van der Waals surface area (Å²) in [7, 11) is 0. The van der Waals surface area contributed by atoms with Crippen LogP contribution in [-0.2, 0) is 6.54 Å². The van der Waals surface area contributed by atoms with E-state index in [4.69, 9.17) is 0 Å². The highest BCUT2D eigenvalue weighted by atomic mass is 19.1. The van der Waals surface area contributed by atoms with Gasteiger partial charge >= 0.3 is 0 Å². The maximum atomic E-state index is 13.6. The molecular weight excluding hydrogens is 207 g/mol. The quantitative estimate of drug-likeness (QED) is 0.794. The predicted molar refractivity (Wildman–Crippen MR) is 57.4 cm³/mol. The third-order valence-electron chi connectivity index (χ3n) is 2.26. The molecule has 0 bridgehead atoms. The Morgan fingerprint density at radius 3 is 2.56 bits per heavy atom. The lowest BCUT2D eigenvalue weighted by Crippen LogP contribution is -2.06. The van der Waals surface area contributed by atoms with Crippen molar-refractivity contribution in [3.63, 3.8) is 0 Å². The monoisotopic (exact) mass is 220 g/mol. The Bertz CT molecular complexity index is 465. The molecule has 0 saturated carbocycles. The molecule has 2 aromatic heterocycles. The molecule has 0 aliphatic carbocycles. The lowest BCUT2D eigenvalue weighted by atomic mass is 10.1. The molecular formula is C11H13FN4. The van der Waals surface area contributed by atoms with Crippen molar-refractivity contribution in [3.05, 3.63) is 41.7 Å². The van der Waals surface area contributed by atoms with E-state index in [1.54, 1.807) is 18.6 Å². The molecule has 0 N–H and O–H groups in total. The molecule has 0 fully saturated rings. The summed E-state index contributed by atoms with van der Waals surface area (Å²) >= 11 is 0. The van der Waals surface area contributed by atoms with Crippen LogP contribution in [0.4, 0.5) is 4.39 Å². The van der Waals surface area contributed by atoms with Crippen molar-refractivity contribution in [3.8, 4) is 0 Å². The third-order valence-corrected chi connectivity index (χ3v) is 2.26. The van der Waals surface area contributed by atoms with E-state index in [2.05, 4.69) is 15.2 Å². The zero-order valence-corrected chi connectivity index (χ0v) is 9.26. The average molecular weight is 220 g/mol. The van der Waals surface area contributed by atoms with Gasteiger partial charge in [-0.2, -0.15) is 15.0 Å². The van der Waals surface area contributed by atoms with Crippen LogP contribution < -0.4 is 0 Å². The van der Waals surface area contributed by atoms with Gasteiger partial charge in [-0.1, -0.05) is 13.8 Å². The molecule has 0 saturated heterocycles. The zero-order chi connectivity index (χ0) is 11.5. The summed E-state index contributed by atoms with van der Waals surface area (Å²) in [5, 5.41) is 7.91. The van der Waals surface area contributed by atoms with Gasteiger partial charge in [-0.25, -0.2) is 4.39 Å². The fourth-order valence-electron chi connectivity index (χ4n) is 1.49. The normalized spacial score (nSPS) is 11.0. The van der Waals surface area contributed by atoms with Crippen LogP contribution in [0.3, 0.4) is 0 Å². The molecule has 0 spiro atoms. The van der Waals surface area contributed by atoms with Gasteiger partial charge in [0.05, 0.1) is 24.6 Å². The van der Waals surface area contributed by atoms with Gasteiger partial charge in [-0.05, 0) is 17.5 Å². The molecule has 0 aliphatic rings. The van der Waals surface area contributed by atoms with Crippen molar-refractivity contribution < 1.29 is 4.39 Å². The van der Waals surface area contributed by atoms with E-state index >= 15 is 0 Å². The molecule has 5 heteroatoms. The van der Waals surface area contributed by atoms with E-state index < -0.39 is 0 Å². The second-order valence-electron chi connectivity index (χ2n) is 3.92. The molecule has 0 atom stereocenters. The summed E-state index contributed by atoms with van der Waals surface area (Å²) in [5.41, 5.74) is 1.26. The number of pyridine rings is 1. The smallest absolute Gasteiger partial charge is 0.145 e. The first-order valence-corrected chi connectivity index (χ1v) is 5.15. The summed E-state index contributed by atoms with van der Waals surface area (Å²) in [6.45, 7) is 4.27. The predicted octanol–water partition coefficient (Wildman–Crippen LogP) is 1.98. The van der Waals surface area contributed by atoms with Gasteiger partial charge in [0.1, 0.15) is 5.82 Å². The summed E-state index contributed by atoms with van der Waals surface area (Å²) < 4.78 is 13.6. The van der Waals surface area contributed by atoms with Gasteiger partial charge in [0.2, 0.25) is 0 Å². The van der Waals surface area contributed by atoms with Crippen molar-refractivity contribution in [2.75, 3.05) is 0 Å². The summed E-state index contributed by atoms with van der Waals surface area (Å²) in [6.07, 6.45) is 4.85. The Morgan fingerprint density at radius 1 is 1.31 bits per heavy atom. The second-order valence-corrected chi connectivity index (χ2v) is 3.92. The largest absolute Gasteiger partial charge is 0.258 e. The van der Waals surface area contributed by atoms with Gasteiger partial charge < -0.3 is 0 Å². The fourth-order valence-corrected chi connectivity index (χ4v) is 1.49. The maximum absolute atomic E-state index is 13.6. The van der Waals surface area contributed by atoms with Gasteiger partial charge in [0.25, 0.3) is 0 Å².